The van der Waals surface area contributed by atoms with Crippen LogP contribution in [0.4, 0.5) is 5.69 Å². The molecule has 0 aliphatic heterocycles. The molecule has 0 radical (unpaired) electrons. The van der Waals surface area contributed by atoms with Gasteiger partial charge in [0, 0.05) is 19.0 Å². The SMILES string of the molecule is COc1ccc(N(CC(=O)N(Cc2ccccc2C)[C@H](Cc2ccccc2)C(=O)NC2CCCCC2)S(=O)(=O)c2ccc(C)cc2)cc1. The highest BCUT2D eigenvalue weighted by Crippen LogP contribution is 2.28. The molecule has 4 aromatic rings. The Labute approximate surface area is 284 Å². The minimum atomic E-state index is -4.18. The molecular formula is C39H45N3O5S. The van der Waals surface area contributed by atoms with Crippen LogP contribution in [-0.2, 0) is 32.6 Å². The zero-order valence-electron chi connectivity index (χ0n) is 28.0. The Balaban J connectivity index is 1.57. The van der Waals surface area contributed by atoms with Crippen molar-refractivity contribution < 1.29 is 22.7 Å². The number of nitrogens with one attached hydrogen (secondary N) is 1. The molecule has 252 valence electrons. The number of carbonyl (C=O) groups excluding carboxylic acids is 2. The van der Waals surface area contributed by atoms with Gasteiger partial charge in [-0.25, -0.2) is 8.42 Å². The molecule has 0 bridgehead atoms. The van der Waals surface area contributed by atoms with Gasteiger partial charge in [0.1, 0.15) is 18.3 Å². The Hall–Kier alpha value is -4.63. The summed E-state index contributed by atoms with van der Waals surface area (Å²) >= 11 is 0. The molecular weight excluding hydrogens is 623 g/mol. The van der Waals surface area contributed by atoms with Crippen LogP contribution in [0.3, 0.4) is 0 Å². The highest BCUT2D eigenvalue weighted by molar-refractivity contribution is 7.92. The first-order chi connectivity index (χ1) is 23.2. The van der Waals surface area contributed by atoms with Crippen LogP contribution in [0.5, 0.6) is 5.75 Å². The summed E-state index contributed by atoms with van der Waals surface area (Å²) in [7, 11) is -2.65. The molecule has 1 aliphatic carbocycles. The number of carbonyl (C=O) groups is 2. The molecule has 0 spiro atoms. The van der Waals surface area contributed by atoms with E-state index in [1.54, 1.807) is 53.4 Å². The lowest BCUT2D eigenvalue weighted by atomic mass is 9.94. The maximum atomic E-state index is 14.7. The molecule has 4 aromatic carbocycles. The lowest BCUT2D eigenvalue weighted by molar-refractivity contribution is -0.140. The number of amides is 2. The second-order valence-electron chi connectivity index (χ2n) is 12.5. The fourth-order valence-corrected chi connectivity index (χ4v) is 7.60. The van der Waals surface area contributed by atoms with Gasteiger partial charge in [-0.2, -0.15) is 0 Å². The smallest absolute Gasteiger partial charge is 0.264 e. The van der Waals surface area contributed by atoms with E-state index in [1.165, 1.54) is 7.11 Å². The Morgan fingerprint density at radius 2 is 1.48 bits per heavy atom. The lowest BCUT2D eigenvalue weighted by Crippen LogP contribution is -2.55. The second kappa shape index (κ2) is 16.0. The molecule has 2 amide bonds. The summed E-state index contributed by atoms with van der Waals surface area (Å²) in [6.45, 7) is 3.49. The van der Waals surface area contributed by atoms with Crippen molar-refractivity contribution in [1.29, 1.82) is 0 Å². The van der Waals surface area contributed by atoms with E-state index in [2.05, 4.69) is 5.32 Å². The first-order valence-corrected chi connectivity index (χ1v) is 18.0. The molecule has 0 unspecified atom stereocenters. The Morgan fingerprint density at radius 1 is 0.833 bits per heavy atom. The minimum absolute atomic E-state index is 0.0395. The molecule has 48 heavy (non-hydrogen) atoms. The topological polar surface area (TPSA) is 96.0 Å². The van der Waals surface area contributed by atoms with E-state index in [0.717, 1.165) is 58.7 Å². The zero-order chi connectivity index (χ0) is 34.1. The Kier molecular flexibility index (Phi) is 11.5. The number of ether oxygens (including phenoxy) is 1. The van der Waals surface area contributed by atoms with Crippen molar-refractivity contribution in [2.75, 3.05) is 18.0 Å². The number of sulfonamides is 1. The largest absolute Gasteiger partial charge is 0.497 e. The van der Waals surface area contributed by atoms with Crippen LogP contribution >= 0.6 is 0 Å². The molecule has 1 fully saturated rings. The molecule has 1 N–H and O–H groups in total. The molecule has 5 rings (SSSR count). The van der Waals surface area contributed by atoms with E-state index in [-0.39, 0.29) is 29.8 Å². The molecule has 0 saturated heterocycles. The molecule has 1 atom stereocenters. The molecule has 0 aromatic heterocycles. The lowest BCUT2D eigenvalue weighted by Gasteiger charge is -2.35. The summed E-state index contributed by atoms with van der Waals surface area (Å²) in [6.07, 6.45) is 5.32. The van der Waals surface area contributed by atoms with Crippen molar-refractivity contribution in [1.82, 2.24) is 10.2 Å². The first kappa shape index (κ1) is 34.7. The van der Waals surface area contributed by atoms with Gasteiger partial charge in [0.05, 0.1) is 17.7 Å². The summed E-state index contributed by atoms with van der Waals surface area (Å²) in [6, 6.07) is 29.7. The van der Waals surface area contributed by atoms with Gasteiger partial charge in [-0.3, -0.25) is 13.9 Å². The van der Waals surface area contributed by atoms with E-state index in [0.29, 0.717) is 11.4 Å². The number of aryl methyl sites for hydroxylation is 2. The number of rotatable bonds is 13. The summed E-state index contributed by atoms with van der Waals surface area (Å²) < 4.78 is 35.0. The predicted molar refractivity (Wildman–Crippen MR) is 189 cm³/mol. The summed E-state index contributed by atoms with van der Waals surface area (Å²) in [5.41, 5.74) is 3.99. The van der Waals surface area contributed by atoms with Gasteiger partial charge >= 0.3 is 0 Å². The molecule has 9 heteroatoms. The summed E-state index contributed by atoms with van der Waals surface area (Å²) in [5.74, 6) is -0.157. The van der Waals surface area contributed by atoms with E-state index in [1.807, 2.05) is 68.4 Å². The maximum absolute atomic E-state index is 14.7. The van der Waals surface area contributed by atoms with Crippen LogP contribution < -0.4 is 14.4 Å². The third-order valence-electron chi connectivity index (χ3n) is 9.07. The third-order valence-corrected chi connectivity index (χ3v) is 10.9. The van der Waals surface area contributed by atoms with Crippen molar-refractivity contribution in [3.05, 3.63) is 125 Å². The van der Waals surface area contributed by atoms with Crippen LogP contribution in [-0.4, -0.2) is 50.9 Å². The van der Waals surface area contributed by atoms with Gasteiger partial charge in [-0.15, -0.1) is 0 Å². The standard InChI is InChI=1S/C39H45N3O5S/c1-29-18-24-36(25-19-29)48(45,46)42(34-20-22-35(47-3)23-21-34)28-38(43)41(27-32-15-11-10-12-30(32)2)37(26-31-13-6-4-7-14-31)39(44)40-33-16-8-5-9-17-33/h4,6-7,10-15,18-25,33,37H,5,8-9,16-17,26-28H2,1-3H3,(H,40,44)/t37-/m1/s1. The van der Waals surface area contributed by atoms with Crippen LogP contribution in [0.15, 0.2) is 108 Å². The van der Waals surface area contributed by atoms with E-state index in [9.17, 15) is 18.0 Å². The number of benzene rings is 4. The van der Waals surface area contributed by atoms with Crippen LogP contribution in [0, 0.1) is 13.8 Å². The van der Waals surface area contributed by atoms with Gasteiger partial charge in [-0.05, 0) is 79.8 Å². The Morgan fingerprint density at radius 3 is 2.12 bits per heavy atom. The predicted octanol–water partition coefficient (Wildman–Crippen LogP) is 6.60. The third kappa shape index (κ3) is 8.63. The summed E-state index contributed by atoms with van der Waals surface area (Å²) in [5, 5.41) is 3.26. The van der Waals surface area contributed by atoms with Crippen LogP contribution in [0.2, 0.25) is 0 Å². The normalized spacial score (nSPS) is 14.1. The average molecular weight is 668 g/mol. The minimum Gasteiger partial charge on any atom is -0.497 e. The molecule has 0 heterocycles. The van der Waals surface area contributed by atoms with E-state index >= 15 is 0 Å². The number of hydrogen-bond donors (Lipinski definition) is 1. The number of anilines is 1. The second-order valence-corrected chi connectivity index (χ2v) is 14.4. The van der Waals surface area contributed by atoms with Crippen LogP contribution in [0.25, 0.3) is 0 Å². The fourth-order valence-electron chi connectivity index (χ4n) is 6.18. The summed E-state index contributed by atoms with van der Waals surface area (Å²) in [4.78, 5) is 30.6. The zero-order valence-corrected chi connectivity index (χ0v) is 28.8. The van der Waals surface area contributed by atoms with Crippen molar-refractivity contribution in [2.24, 2.45) is 0 Å². The highest BCUT2D eigenvalue weighted by Gasteiger charge is 2.35. The van der Waals surface area contributed by atoms with Gasteiger partial charge in [-0.1, -0.05) is 91.6 Å². The van der Waals surface area contributed by atoms with E-state index in [4.69, 9.17) is 4.74 Å². The quantitative estimate of drug-likeness (QED) is 0.174. The number of hydrogen-bond acceptors (Lipinski definition) is 5. The Bertz CT molecular complexity index is 1770. The monoisotopic (exact) mass is 667 g/mol. The highest BCUT2D eigenvalue weighted by atomic mass is 32.2. The van der Waals surface area contributed by atoms with Crippen LogP contribution in [0.1, 0.15) is 54.4 Å². The number of methoxy groups -OCH3 is 1. The van der Waals surface area contributed by atoms with Crippen molar-refractivity contribution in [2.45, 2.75) is 75.9 Å². The molecule has 1 saturated carbocycles. The van der Waals surface area contributed by atoms with Crippen molar-refractivity contribution >= 4 is 27.5 Å². The molecule has 1 aliphatic rings. The first-order valence-electron chi connectivity index (χ1n) is 16.6. The number of nitrogens with zero attached hydrogens (tertiary/aromatic N) is 2. The van der Waals surface area contributed by atoms with Gasteiger partial charge in [0.15, 0.2) is 0 Å². The van der Waals surface area contributed by atoms with Gasteiger partial charge < -0.3 is 15.0 Å². The molecule has 8 nitrogen and oxygen atoms in total. The fraction of sp³-hybridized carbons (Fsp3) is 0.333. The van der Waals surface area contributed by atoms with Crippen molar-refractivity contribution in [3.63, 3.8) is 0 Å². The van der Waals surface area contributed by atoms with E-state index < -0.39 is 28.5 Å². The maximum Gasteiger partial charge on any atom is 0.264 e. The average Bonchev–Trinajstić information content (AvgIpc) is 3.10. The van der Waals surface area contributed by atoms with Gasteiger partial charge in [0.25, 0.3) is 10.0 Å². The van der Waals surface area contributed by atoms with Gasteiger partial charge in [0.2, 0.25) is 11.8 Å². The van der Waals surface area contributed by atoms with Crippen molar-refractivity contribution in [3.8, 4) is 5.75 Å².